The summed E-state index contributed by atoms with van der Waals surface area (Å²) in [5.74, 6) is -1.33. The summed E-state index contributed by atoms with van der Waals surface area (Å²) in [6.45, 7) is 3.65. The molecule has 98 valence electrons. The van der Waals surface area contributed by atoms with Gasteiger partial charge < -0.3 is 10.4 Å². The van der Waals surface area contributed by atoms with E-state index in [1.165, 1.54) is 11.3 Å². The first-order valence-electron chi connectivity index (χ1n) is 5.69. The molecule has 0 saturated carbocycles. The highest BCUT2D eigenvalue weighted by atomic mass is 32.1. The number of benzene rings is 1. The average molecular weight is 275 g/mol. The lowest BCUT2D eigenvalue weighted by atomic mass is 10.1. The van der Waals surface area contributed by atoms with Gasteiger partial charge in [0, 0.05) is 10.4 Å². The molecule has 0 fully saturated rings. The third-order valence-electron chi connectivity index (χ3n) is 2.70. The summed E-state index contributed by atoms with van der Waals surface area (Å²) in [6, 6.07) is 8.74. The molecular formula is C14H13NO3S. The maximum Gasteiger partial charge on any atom is 0.338 e. The third-order valence-corrected chi connectivity index (χ3v) is 3.67. The lowest BCUT2D eigenvalue weighted by molar-refractivity contribution is 0.0698. The van der Waals surface area contributed by atoms with E-state index in [4.69, 9.17) is 5.11 Å². The molecule has 0 aliphatic heterocycles. The highest BCUT2D eigenvalue weighted by molar-refractivity contribution is 7.16. The summed E-state index contributed by atoms with van der Waals surface area (Å²) < 4.78 is 0. The van der Waals surface area contributed by atoms with Crippen molar-refractivity contribution in [2.45, 2.75) is 13.8 Å². The predicted molar refractivity (Wildman–Crippen MR) is 75.1 cm³/mol. The monoisotopic (exact) mass is 275 g/mol. The molecule has 2 rings (SSSR count). The first-order valence-corrected chi connectivity index (χ1v) is 6.51. The Bertz CT molecular complexity index is 646. The van der Waals surface area contributed by atoms with Gasteiger partial charge in [0.05, 0.1) is 5.56 Å². The van der Waals surface area contributed by atoms with Gasteiger partial charge in [-0.05, 0) is 31.5 Å². The number of rotatable bonds is 3. The van der Waals surface area contributed by atoms with Crippen molar-refractivity contribution < 1.29 is 14.7 Å². The molecule has 0 radical (unpaired) electrons. The zero-order valence-electron chi connectivity index (χ0n) is 10.6. The Kier molecular flexibility index (Phi) is 3.66. The number of thiophene rings is 1. The van der Waals surface area contributed by atoms with E-state index in [0.29, 0.717) is 10.6 Å². The van der Waals surface area contributed by atoms with Crippen LogP contribution in [0.4, 0.5) is 5.00 Å². The molecule has 1 aromatic carbocycles. The number of anilines is 1. The van der Waals surface area contributed by atoms with E-state index in [2.05, 4.69) is 5.32 Å². The van der Waals surface area contributed by atoms with Crippen molar-refractivity contribution in [3.8, 4) is 0 Å². The molecule has 2 aromatic rings. The van der Waals surface area contributed by atoms with Crippen molar-refractivity contribution >= 4 is 28.2 Å². The number of carbonyl (C=O) groups excluding carboxylic acids is 1. The molecule has 19 heavy (non-hydrogen) atoms. The number of carboxylic acids is 1. The minimum atomic E-state index is -1.04. The van der Waals surface area contributed by atoms with E-state index in [1.54, 1.807) is 25.1 Å². The van der Waals surface area contributed by atoms with Crippen LogP contribution in [0.15, 0.2) is 30.3 Å². The van der Waals surface area contributed by atoms with Gasteiger partial charge in [-0.3, -0.25) is 4.79 Å². The second-order valence-electron chi connectivity index (χ2n) is 4.17. The minimum Gasteiger partial charge on any atom is -0.478 e. The van der Waals surface area contributed by atoms with Crippen LogP contribution in [0.2, 0.25) is 0 Å². The molecule has 1 heterocycles. The molecule has 0 atom stereocenters. The zero-order valence-corrected chi connectivity index (χ0v) is 11.4. The first kappa shape index (κ1) is 13.3. The second kappa shape index (κ2) is 5.24. The van der Waals surface area contributed by atoms with Crippen molar-refractivity contribution in [1.29, 1.82) is 0 Å². The molecule has 0 unspecified atom stereocenters. The fourth-order valence-corrected chi connectivity index (χ4v) is 2.66. The van der Waals surface area contributed by atoms with E-state index >= 15 is 0 Å². The number of hydrogen-bond donors (Lipinski definition) is 2. The summed E-state index contributed by atoms with van der Waals surface area (Å²) >= 11 is 1.26. The summed E-state index contributed by atoms with van der Waals surface area (Å²) in [6.07, 6.45) is 0. The number of aryl methyl sites for hydroxylation is 2. The van der Waals surface area contributed by atoms with Gasteiger partial charge in [-0.25, -0.2) is 4.79 Å². The summed E-state index contributed by atoms with van der Waals surface area (Å²) in [5.41, 5.74) is 1.53. The van der Waals surface area contributed by atoms with Gasteiger partial charge in [-0.1, -0.05) is 18.2 Å². The zero-order chi connectivity index (χ0) is 14.0. The maximum atomic E-state index is 12.1. The van der Waals surface area contributed by atoms with E-state index < -0.39 is 5.97 Å². The number of aromatic carboxylic acids is 1. The van der Waals surface area contributed by atoms with Crippen LogP contribution in [0, 0.1) is 13.8 Å². The van der Waals surface area contributed by atoms with Gasteiger partial charge in [0.15, 0.2) is 0 Å². The van der Waals surface area contributed by atoms with Crippen molar-refractivity contribution in [3.63, 3.8) is 0 Å². The van der Waals surface area contributed by atoms with Crippen LogP contribution in [-0.4, -0.2) is 17.0 Å². The predicted octanol–water partition coefficient (Wildman–Crippen LogP) is 3.32. The Morgan fingerprint density at radius 2 is 1.84 bits per heavy atom. The Morgan fingerprint density at radius 1 is 1.16 bits per heavy atom. The number of carbonyl (C=O) groups is 2. The quantitative estimate of drug-likeness (QED) is 0.903. The van der Waals surface area contributed by atoms with Gasteiger partial charge in [0.25, 0.3) is 5.91 Å². The first-order chi connectivity index (χ1) is 8.99. The van der Waals surface area contributed by atoms with E-state index in [0.717, 1.165) is 10.4 Å². The van der Waals surface area contributed by atoms with E-state index in [-0.39, 0.29) is 11.5 Å². The van der Waals surface area contributed by atoms with Crippen molar-refractivity contribution in [3.05, 3.63) is 51.9 Å². The Morgan fingerprint density at radius 3 is 2.47 bits per heavy atom. The molecule has 1 amide bonds. The summed E-state index contributed by atoms with van der Waals surface area (Å²) in [5, 5.41) is 12.1. The fraction of sp³-hybridized carbons (Fsp3) is 0.143. The maximum absolute atomic E-state index is 12.1. The lowest BCUT2D eigenvalue weighted by Gasteiger charge is -2.06. The normalized spacial score (nSPS) is 10.2. The Balaban J connectivity index is 2.29. The molecule has 1 aromatic heterocycles. The average Bonchev–Trinajstić information content (AvgIpc) is 2.70. The van der Waals surface area contributed by atoms with Gasteiger partial charge in [0.1, 0.15) is 5.00 Å². The highest BCUT2D eigenvalue weighted by Gasteiger charge is 2.17. The molecule has 0 aliphatic rings. The minimum absolute atomic E-state index is 0.129. The van der Waals surface area contributed by atoms with Gasteiger partial charge >= 0.3 is 5.97 Å². The van der Waals surface area contributed by atoms with Crippen LogP contribution < -0.4 is 5.32 Å². The molecule has 0 saturated heterocycles. The second-order valence-corrected chi connectivity index (χ2v) is 5.43. The Hall–Kier alpha value is -2.14. The number of amides is 1. The highest BCUT2D eigenvalue weighted by Crippen LogP contribution is 2.28. The van der Waals surface area contributed by atoms with Gasteiger partial charge in [0.2, 0.25) is 0 Å². The Labute approximate surface area is 114 Å². The summed E-state index contributed by atoms with van der Waals surface area (Å²) in [4.78, 5) is 24.0. The van der Waals surface area contributed by atoms with Crippen molar-refractivity contribution in [1.82, 2.24) is 0 Å². The van der Waals surface area contributed by atoms with Crippen LogP contribution in [0.3, 0.4) is 0 Å². The lowest BCUT2D eigenvalue weighted by Crippen LogP contribution is -2.14. The number of carboxylic acid groups (broad SMARTS) is 1. The van der Waals surface area contributed by atoms with Gasteiger partial charge in [-0.15, -0.1) is 11.3 Å². The van der Waals surface area contributed by atoms with Crippen LogP contribution in [0.25, 0.3) is 0 Å². The summed E-state index contributed by atoms with van der Waals surface area (Å²) in [7, 11) is 0. The number of nitrogens with one attached hydrogen (secondary N) is 1. The molecule has 5 heteroatoms. The van der Waals surface area contributed by atoms with Crippen LogP contribution in [0.5, 0.6) is 0 Å². The molecule has 4 nitrogen and oxygen atoms in total. The molecule has 2 N–H and O–H groups in total. The molecular weight excluding hydrogens is 262 g/mol. The van der Waals surface area contributed by atoms with Crippen LogP contribution in [-0.2, 0) is 0 Å². The topological polar surface area (TPSA) is 66.4 Å². The molecule has 0 aliphatic carbocycles. The molecule has 0 bridgehead atoms. The number of hydrogen-bond acceptors (Lipinski definition) is 3. The van der Waals surface area contributed by atoms with Crippen molar-refractivity contribution in [2.24, 2.45) is 0 Å². The standard InChI is InChI=1S/C14H13NO3S/c1-8-5-3-4-6-10(8)12(16)15-13-11(14(17)18)7-9(2)19-13/h3-7H,1-2H3,(H,15,16)(H,17,18). The van der Waals surface area contributed by atoms with E-state index in [9.17, 15) is 9.59 Å². The molecule has 0 spiro atoms. The van der Waals surface area contributed by atoms with Crippen LogP contribution >= 0.6 is 11.3 Å². The van der Waals surface area contributed by atoms with Gasteiger partial charge in [-0.2, -0.15) is 0 Å². The largest absolute Gasteiger partial charge is 0.478 e. The van der Waals surface area contributed by atoms with Crippen LogP contribution in [0.1, 0.15) is 31.2 Å². The third kappa shape index (κ3) is 2.82. The van der Waals surface area contributed by atoms with E-state index in [1.807, 2.05) is 19.1 Å². The SMILES string of the molecule is Cc1cc(C(=O)O)c(NC(=O)c2ccccc2C)s1. The fourth-order valence-electron chi connectivity index (χ4n) is 1.76. The van der Waals surface area contributed by atoms with Crippen molar-refractivity contribution in [2.75, 3.05) is 5.32 Å². The smallest absolute Gasteiger partial charge is 0.338 e.